The minimum atomic E-state index is 0.823. The Kier molecular flexibility index (Phi) is 5.71. The van der Waals surface area contributed by atoms with Crippen molar-refractivity contribution in [3.05, 3.63) is 29.8 Å². The molecule has 0 spiro atoms. The van der Waals surface area contributed by atoms with Gasteiger partial charge in [0.05, 0.1) is 0 Å². The highest BCUT2D eigenvalue weighted by Crippen LogP contribution is 2.19. The van der Waals surface area contributed by atoms with Crippen molar-refractivity contribution in [3.8, 4) is 0 Å². The lowest BCUT2D eigenvalue weighted by atomic mass is 10.1. The monoisotopic (exact) mass is 260 g/mol. The fourth-order valence-corrected chi connectivity index (χ4v) is 3.23. The van der Waals surface area contributed by atoms with Gasteiger partial charge in [0.15, 0.2) is 0 Å². The van der Waals surface area contributed by atoms with E-state index in [1.807, 2.05) is 6.07 Å². The van der Waals surface area contributed by atoms with E-state index in [1.165, 1.54) is 57.2 Å². The van der Waals surface area contributed by atoms with Crippen LogP contribution in [0.4, 0.5) is 5.69 Å². The van der Waals surface area contributed by atoms with Crippen LogP contribution in [0.15, 0.2) is 24.3 Å². The summed E-state index contributed by atoms with van der Waals surface area (Å²) in [6.07, 6.45) is 9.33. The number of nitrogens with zero attached hydrogens (tertiary/aromatic N) is 1. The molecule has 1 aromatic rings. The van der Waals surface area contributed by atoms with E-state index in [4.69, 9.17) is 5.73 Å². The molecule has 1 aromatic carbocycles. The molecule has 0 saturated carbocycles. The molecule has 106 valence electrons. The Morgan fingerprint density at radius 1 is 1.26 bits per heavy atom. The summed E-state index contributed by atoms with van der Waals surface area (Å²) in [5.74, 6) is 0. The van der Waals surface area contributed by atoms with Gasteiger partial charge in [0.25, 0.3) is 0 Å². The molecule has 1 heterocycles. The molecular formula is C17H28N2. The zero-order chi connectivity index (χ0) is 13.5. The van der Waals surface area contributed by atoms with Crippen molar-refractivity contribution in [2.75, 3.05) is 18.8 Å². The Bertz CT molecular complexity index is 375. The lowest BCUT2D eigenvalue weighted by molar-refractivity contribution is 0.192. The van der Waals surface area contributed by atoms with Crippen LogP contribution in [0.3, 0.4) is 0 Å². The molecule has 2 rings (SSSR count). The predicted molar refractivity (Wildman–Crippen MR) is 83.3 cm³/mol. The topological polar surface area (TPSA) is 29.3 Å². The van der Waals surface area contributed by atoms with Crippen molar-refractivity contribution in [1.29, 1.82) is 0 Å². The summed E-state index contributed by atoms with van der Waals surface area (Å²) >= 11 is 0. The molecule has 2 nitrogen and oxygen atoms in total. The number of rotatable bonds is 5. The molecule has 2 heteroatoms. The number of hydrogen-bond acceptors (Lipinski definition) is 2. The predicted octanol–water partition coefficient (Wildman–Crippen LogP) is 3.86. The summed E-state index contributed by atoms with van der Waals surface area (Å²) in [6, 6.07) is 9.15. The van der Waals surface area contributed by atoms with Gasteiger partial charge in [0.1, 0.15) is 0 Å². The van der Waals surface area contributed by atoms with Gasteiger partial charge in [0.2, 0.25) is 0 Å². The highest BCUT2D eigenvalue weighted by atomic mass is 15.1. The number of nitrogen functional groups attached to an aromatic ring is 1. The fraction of sp³-hybridized carbons (Fsp3) is 0.647. The maximum Gasteiger partial charge on any atom is 0.0316 e. The summed E-state index contributed by atoms with van der Waals surface area (Å²) < 4.78 is 0. The van der Waals surface area contributed by atoms with Crippen LogP contribution in [0.5, 0.6) is 0 Å². The first-order chi connectivity index (χ1) is 9.29. The second-order valence-electron chi connectivity index (χ2n) is 5.80. The largest absolute Gasteiger partial charge is 0.399 e. The molecule has 1 saturated heterocycles. The molecule has 0 radical (unpaired) electrons. The van der Waals surface area contributed by atoms with Crippen LogP contribution in [-0.4, -0.2) is 24.0 Å². The van der Waals surface area contributed by atoms with Gasteiger partial charge in [-0.05, 0) is 62.9 Å². The average molecular weight is 260 g/mol. The Hall–Kier alpha value is -1.02. The van der Waals surface area contributed by atoms with E-state index >= 15 is 0 Å². The van der Waals surface area contributed by atoms with Crippen LogP contribution in [0.2, 0.25) is 0 Å². The zero-order valence-corrected chi connectivity index (χ0v) is 12.3. The van der Waals surface area contributed by atoms with E-state index in [-0.39, 0.29) is 0 Å². The van der Waals surface area contributed by atoms with Gasteiger partial charge in [-0.2, -0.15) is 0 Å². The number of nitrogens with two attached hydrogens (primary N) is 1. The number of likely N-dealkylation sites (tertiary alicyclic amines) is 1. The standard InChI is InChI=1S/C17H28N2/c1-2-17-11-4-3-5-12-19(17)13-7-9-15-8-6-10-16(18)14-15/h6,8,10,14,17H,2-5,7,9,11-13,18H2,1H3. The molecule has 1 fully saturated rings. The van der Waals surface area contributed by atoms with Crippen molar-refractivity contribution in [2.24, 2.45) is 0 Å². The number of anilines is 1. The Balaban J connectivity index is 1.80. The first-order valence-corrected chi connectivity index (χ1v) is 7.88. The molecule has 2 N–H and O–H groups in total. The van der Waals surface area contributed by atoms with Crippen molar-refractivity contribution in [1.82, 2.24) is 4.90 Å². The van der Waals surface area contributed by atoms with E-state index in [2.05, 4.69) is 30.0 Å². The average Bonchev–Trinajstić information content (AvgIpc) is 2.64. The Labute approximate surface area is 118 Å². The Morgan fingerprint density at radius 2 is 2.16 bits per heavy atom. The van der Waals surface area contributed by atoms with E-state index in [0.717, 1.165) is 18.2 Å². The van der Waals surface area contributed by atoms with Crippen molar-refractivity contribution >= 4 is 5.69 Å². The van der Waals surface area contributed by atoms with E-state index in [1.54, 1.807) is 0 Å². The van der Waals surface area contributed by atoms with Crippen LogP contribution in [-0.2, 0) is 6.42 Å². The molecule has 0 aromatic heterocycles. The quantitative estimate of drug-likeness (QED) is 0.815. The summed E-state index contributed by atoms with van der Waals surface area (Å²) in [7, 11) is 0. The molecule has 0 amide bonds. The van der Waals surface area contributed by atoms with Crippen molar-refractivity contribution in [3.63, 3.8) is 0 Å². The highest BCUT2D eigenvalue weighted by Gasteiger charge is 2.18. The normalized spacial score (nSPS) is 21.2. The van der Waals surface area contributed by atoms with Gasteiger partial charge in [-0.15, -0.1) is 0 Å². The molecule has 0 bridgehead atoms. The summed E-state index contributed by atoms with van der Waals surface area (Å²) in [5, 5.41) is 0. The molecule has 0 aliphatic carbocycles. The number of aryl methyl sites for hydroxylation is 1. The maximum absolute atomic E-state index is 5.83. The first kappa shape index (κ1) is 14.4. The lowest BCUT2D eigenvalue weighted by Gasteiger charge is -2.29. The first-order valence-electron chi connectivity index (χ1n) is 7.88. The van der Waals surface area contributed by atoms with Crippen molar-refractivity contribution < 1.29 is 0 Å². The van der Waals surface area contributed by atoms with Gasteiger partial charge in [-0.25, -0.2) is 0 Å². The van der Waals surface area contributed by atoms with Gasteiger partial charge in [-0.1, -0.05) is 31.9 Å². The van der Waals surface area contributed by atoms with E-state index < -0.39 is 0 Å². The van der Waals surface area contributed by atoms with E-state index in [9.17, 15) is 0 Å². The molecule has 19 heavy (non-hydrogen) atoms. The Morgan fingerprint density at radius 3 is 2.95 bits per heavy atom. The van der Waals surface area contributed by atoms with Gasteiger partial charge >= 0.3 is 0 Å². The summed E-state index contributed by atoms with van der Waals surface area (Å²) in [5.41, 5.74) is 8.09. The van der Waals surface area contributed by atoms with Gasteiger partial charge in [-0.3, -0.25) is 0 Å². The smallest absolute Gasteiger partial charge is 0.0316 e. The highest BCUT2D eigenvalue weighted by molar-refractivity contribution is 5.40. The fourth-order valence-electron chi connectivity index (χ4n) is 3.23. The van der Waals surface area contributed by atoms with Crippen LogP contribution in [0.1, 0.15) is 51.0 Å². The van der Waals surface area contributed by atoms with Crippen LogP contribution >= 0.6 is 0 Å². The SMILES string of the molecule is CCC1CCCCCN1CCCc1cccc(N)c1. The van der Waals surface area contributed by atoms with Crippen LogP contribution in [0.25, 0.3) is 0 Å². The molecule has 1 atom stereocenters. The second kappa shape index (κ2) is 7.54. The minimum absolute atomic E-state index is 0.823. The molecular weight excluding hydrogens is 232 g/mol. The summed E-state index contributed by atoms with van der Waals surface area (Å²) in [6.45, 7) is 4.88. The molecule has 1 aliphatic rings. The molecule has 1 unspecified atom stereocenters. The minimum Gasteiger partial charge on any atom is -0.399 e. The third-order valence-corrected chi connectivity index (χ3v) is 4.33. The van der Waals surface area contributed by atoms with Gasteiger partial charge < -0.3 is 10.6 Å². The lowest BCUT2D eigenvalue weighted by Crippen LogP contribution is -2.35. The second-order valence-corrected chi connectivity index (χ2v) is 5.80. The zero-order valence-electron chi connectivity index (χ0n) is 12.3. The van der Waals surface area contributed by atoms with E-state index in [0.29, 0.717) is 0 Å². The third-order valence-electron chi connectivity index (χ3n) is 4.33. The van der Waals surface area contributed by atoms with Gasteiger partial charge in [0, 0.05) is 11.7 Å². The third kappa shape index (κ3) is 4.54. The van der Waals surface area contributed by atoms with Crippen LogP contribution in [0, 0.1) is 0 Å². The maximum atomic E-state index is 5.83. The van der Waals surface area contributed by atoms with Crippen LogP contribution < -0.4 is 5.73 Å². The molecule has 1 aliphatic heterocycles. The number of benzene rings is 1. The van der Waals surface area contributed by atoms with Crippen molar-refractivity contribution in [2.45, 2.75) is 57.9 Å². The summed E-state index contributed by atoms with van der Waals surface area (Å²) in [4.78, 5) is 2.72. The number of hydrogen-bond donors (Lipinski definition) is 1.